The van der Waals surface area contributed by atoms with E-state index in [1.165, 1.54) is 0 Å². The van der Waals surface area contributed by atoms with Gasteiger partial charge in [-0.05, 0) is 25.5 Å². The molecule has 1 atom stereocenters. The maximum atomic E-state index is 11.8. The van der Waals surface area contributed by atoms with E-state index in [-0.39, 0.29) is 12.5 Å². The molecule has 1 N–H and O–H groups in total. The molecule has 96 valence electrons. The Morgan fingerprint density at radius 3 is 2.67 bits per heavy atom. The molecule has 4 heteroatoms. The van der Waals surface area contributed by atoms with Crippen LogP contribution in [0.2, 0.25) is 0 Å². The predicted molar refractivity (Wildman–Crippen MR) is 69.1 cm³/mol. The molecule has 1 amide bonds. The van der Waals surface area contributed by atoms with Crippen LogP contribution in [-0.4, -0.2) is 24.5 Å². The number of carbonyl (C=O) groups excluding carboxylic acids is 2. The second-order valence-corrected chi connectivity index (χ2v) is 3.81. The van der Waals surface area contributed by atoms with E-state index in [0.717, 1.165) is 0 Å². The maximum Gasteiger partial charge on any atom is 0.328 e. The van der Waals surface area contributed by atoms with Crippen LogP contribution >= 0.6 is 0 Å². The summed E-state index contributed by atoms with van der Waals surface area (Å²) in [4.78, 5) is 23.3. The fraction of sp³-hybridized carbons (Fsp3) is 0.286. The molecule has 0 aromatic heterocycles. The number of rotatable bonds is 6. The summed E-state index contributed by atoms with van der Waals surface area (Å²) in [6.45, 7) is 5.41. The highest BCUT2D eigenvalue weighted by Gasteiger charge is 2.17. The minimum atomic E-state index is -0.664. The first kappa shape index (κ1) is 14.0. The third-order valence-corrected chi connectivity index (χ3v) is 2.30. The normalized spacial score (nSPS) is 11.4. The topological polar surface area (TPSA) is 55.4 Å². The molecule has 4 nitrogen and oxygen atoms in total. The Kier molecular flexibility index (Phi) is 5.64. The zero-order valence-corrected chi connectivity index (χ0v) is 10.4. The van der Waals surface area contributed by atoms with Crippen LogP contribution in [0, 0.1) is 0 Å². The Bertz CT molecular complexity index is 414. The number of amides is 1. The van der Waals surface area contributed by atoms with E-state index < -0.39 is 12.0 Å². The molecule has 0 fully saturated rings. The van der Waals surface area contributed by atoms with Gasteiger partial charge in [-0.1, -0.05) is 24.3 Å². The van der Waals surface area contributed by atoms with Crippen LogP contribution in [0.25, 0.3) is 0 Å². The number of benzene rings is 1. The minimum absolute atomic E-state index is 0.286. The Balaban J connectivity index is 2.44. The van der Waals surface area contributed by atoms with Gasteiger partial charge in [-0.2, -0.15) is 0 Å². The summed E-state index contributed by atoms with van der Waals surface area (Å²) in [5.74, 6) is -0.732. The van der Waals surface area contributed by atoms with Gasteiger partial charge in [-0.15, -0.1) is 6.58 Å². The first-order valence-corrected chi connectivity index (χ1v) is 5.78. The molecule has 0 aliphatic rings. The zero-order valence-electron chi connectivity index (χ0n) is 10.4. The lowest BCUT2D eigenvalue weighted by Gasteiger charge is -2.12. The molecule has 0 saturated carbocycles. The van der Waals surface area contributed by atoms with Crippen molar-refractivity contribution in [2.75, 3.05) is 6.61 Å². The molecule has 0 saturated heterocycles. The van der Waals surface area contributed by atoms with Crippen molar-refractivity contribution < 1.29 is 14.3 Å². The standard InChI is InChI=1S/C14H17NO3/c1-3-4-10-18-14(17)11(2)15-13(16)12-8-6-5-7-9-12/h3,5-9,11H,1,4,10H2,2H3,(H,15,16)/t11-/m1/s1. The van der Waals surface area contributed by atoms with E-state index in [1.807, 2.05) is 6.07 Å². The zero-order chi connectivity index (χ0) is 13.4. The average Bonchev–Trinajstić information content (AvgIpc) is 2.39. The molecule has 1 aromatic rings. The van der Waals surface area contributed by atoms with Gasteiger partial charge in [0.05, 0.1) is 6.61 Å². The molecule has 18 heavy (non-hydrogen) atoms. The number of hydrogen-bond acceptors (Lipinski definition) is 3. The van der Waals surface area contributed by atoms with Crippen LogP contribution in [-0.2, 0) is 9.53 Å². The molecular weight excluding hydrogens is 230 g/mol. The van der Waals surface area contributed by atoms with Crippen LogP contribution in [0.5, 0.6) is 0 Å². The van der Waals surface area contributed by atoms with Crippen LogP contribution < -0.4 is 5.32 Å². The molecule has 0 bridgehead atoms. The highest BCUT2D eigenvalue weighted by molar-refractivity contribution is 5.96. The van der Waals surface area contributed by atoms with E-state index in [4.69, 9.17) is 4.74 Å². The van der Waals surface area contributed by atoms with Crippen LogP contribution in [0.3, 0.4) is 0 Å². The molecule has 0 heterocycles. The fourth-order valence-electron chi connectivity index (χ4n) is 1.30. The summed E-state index contributed by atoms with van der Waals surface area (Å²) in [5.41, 5.74) is 0.517. The quantitative estimate of drug-likeness (QED) is 0.474. The van der Waals surface area contributed by atoms with Gasteiger partial charge >= 0.3 is 5.97 Å². The smallest absolute Gasteiger partial charge is 0.328 e. The van der Waals surface area contributed by atoms with Crippen LogP contribution in [0.1, 0.15) is 23.7 Å². The monoisotopic (exact) mass is 247 g/mol. The van der Waals surface area contributed by atoms with Gasteiger partial charge in [0, 0.05) is 5.56 Å². The second-order valence-electron chi connectivity index (χ2n) is 3.81. The van der Waals surface area contributed by atoms with Crippen molar-refractivity contribution in [3.8, 4) is 0 Å². The number of nitrogens with one attached hydrogen (secondary N) is 1. The first-order valence-electron chi connectivity index (χ1n) is 5.78. The first-order chi connectivity index (χ1) is 8.65. The van der Waals surface area contributed by atoms with Gasteiger partial charge in [-0.25, -0.2) is 4.79 Å². The van der Waals surface area contributed by atoms with Crippen molar-refractivity contribution in [2.24, 2.45) is 0 Å². The lowest BCUT2D eigenvalue weighted by molar-refractivity contribution is -0.145. The van der Waals surface area contributed by atoms with Crippen molar-refractivity contribution in [1.82, 2.24) is 5.32 Å². The molecule has 1 rings (SSSR count). The van der Waals surface area contributed by atoms with E-state index >= 15 is 0 Å². The summed E-state index contributed by atoms with van der Waals surface area (Å²) >= 11 is 0. The molecule has 0 radical (unpaired) electrons. The SMILES string of the molecule is C=CCCOC(=O)[C@@H](C)NC(=O)c1ccccc1. The van der Waals surface area contributed by atoms with Gasteiger partial charge in [0.2, 0.25) is 0 Å². The van der Waals surface area contributed by atoms with Crippen molar-refractivity contribution >= 4 is 11.9 Å². The Morgan fingerprint density at radius 1 is 1.39 bits per heavy atom. The van der Waals surface area contributed by atoms with Gasteiger partial charge in [0.1, 0.15) is 6.04 Å². The van der Waals surface area contributed by atoms with Crippen LogP contribution in [0.4, 0.5) is 0 Å². The number of hydrogen-bond donors (Lipinski definition) is 1. The van der Waals surface area contributed by atoms with Gasteiger partial charge < -0.3 is 10.1 Å². The summed E-state index contributed by atoms with van der Waals surface area (Å²) in [7, 11) is 0. The summed E-state index contributed by atoms with van der Waals surface area (Å²) in [6, 6.07) is 8.06. The average molecular weight is 247 g/mol. The lowest BCUT2D eigenvalue weighted by atomic mass is 10.2. The molecule has 0 spiro atoms. The Morgan fingerprint density at radius 2 is 2.06 bits per heavy atom. The van der Waals surface area contributed by atoms with Crippen molar-refractivity contribution in [2.45, 2.75) is 19.4 Å². The fourth-order valence-corrected chi connectivity index (χ4v) is 1.30. The van der Waals surface area contributed by atoms with E-state index in [0.29, 0.717) is 12.0 Å². The molecule has 1 aromatic carbocycles. The lowest BCUT2D eigenvalue weighted by Crippen LogP contribution is -2.39. The maximum absolute atomic E-state index is 11.8. The summed E-state index contributed by atoms with van der Waals surface area (Å²) in [5, 5.41) is 2.58. The molecular formula is C14H17NO3. The molecule has 0 aliphatic heterocycles. The minimum Gasteiger partial charge on any atom is -0.464 e. The summed E-state index contributed by atoms with van der Waals surface area (Å²) in [6.07, 6.45) is 2.27. The third-order valence-electron chi connectivity index (χ3n) is 2.30. The largest absolute Gasteiger partial charge is 0.464 e. The van der Waals surface area contributed by atoms with Gasteiger partial charge in [0.15, 0.2) is 0 Å². The van der Waals surface area contributed by atoms with Gasteiger partial charge in [-0.3, -0.25) is 4.79 Å². The summed E-state index contributed by atoms with van der Waals surface area (Å²) < 4.78 is 4.96. The van der Waals surface area contributed by atoms with E-state index in [9.17, 15) is 9.59 Å². The number of ether oxygens (including phenoxy) is 1. The van der Waals surface area contributed by atoms with Crippen molar-refractivity contribution in [3.63, 3.8) is 0 Å². The number of esters is 1. The molecule has 0 unspecified atom stereocenters. The third kappa shape index (κ3) is 4.41. The Labute approximate surface area is 107 Å². The van der Waals surface area contributed by atoms with E-state index in [2.05, 4.69) is 11.9 Å². The number of carbonyl (C=O) groups is 2. The van der Waals surface area contributed by atoms with Crippen LogP contribution in [0.15, 0.2) is 43.0 Å². The second kappa shape index (κ2) is 7.27. The van der Waals surface area contributed by atoms with Crippen molar-refractivity contribution in [3.05, 3.63) is 48.6 Å². The van der Waals surface area contributed by atoms with Gasteiger partial charge in [0.25, 0.3) is 5.91 Å². The Hall–Kier alpha value is -2.10. The molecule has 0 aliphatic carbocycles. The highest BCUT2D eigenvalue weighted by atomic mass is 16.5. The highest BCUT2D eigenvalue weighted by Crippen LogP contribution is 1.99. The van der Waals surface area contributed by atoms with E-state index in [1.54, 1.807) is 37.3 Å². The van der Waals surface area contributed by atoms with Crippen molar-refractivity contribution in [1.29, 1.82) is 0 Å². The predicted octanol–water partition coefficient (Wildman–Crippen LogP) is 1.92.